The van der Waals surface area contributed by atoms with Crippen LogP contribution in [0.1, 0.15) is 87.0 Å². The minimum Gasteiger partial charge on any atom is -0.350 e. The lowest BCUT2D eigenvalue weighted by Gasteiger charge is -2.31. The van der Waals surface area contributed by atoms with E-state index in [-0.39, 0.29) is 23.3 Å². The summed E-state index contributed by atoms with van der Waals surface area (Å²) >= 11 is 0. The highest BCUT2D eigenvalue weighted by Crippen LogP contribution is 2.44. The van der Waals surface area contributed by atoms with Crippen molar-refractivity contribution >= 4 is 34.8 Å². The van der Waals surface area contributed by atoms with Gasteiger partial charge >= 0.3 is 0 Å². The summed E-state index contributed by atoms with van der Waals surface area (Å²) in [7, 11) is 0. The second-order valence-corrected chi connectivity index (χ2v) is 13.6. The summed E-state index contributed by atoms with van der Waals surface area (Å²) in [6.07, 6.45) is 3.35. The number of hydrogen-bond donors (Lipinski definition) is 3. The van der Waals surface area contributed by atoms with Crippen molar-refractivity contribution < 1.29 is 9.59 Å². The molecule has 46 heavy (non-hydrogen) atoms. The number of fused-ring (bicyclic) bond motifs is 2. The van der Waals surface area contributed by atoms with Crippen molar-refractivity contribution in [3.63, 3.8) is 0 Å². The van der Waals surface area contributed by atoms with Crippen LogP contribution in [0.15, 0.2) is 59.6 Å². The SMILES string of the molecule is CCN1CCC(CN=C2Nc3ccc(-c4cc(C(=O)Nc5ccc6c(c5)N(C(C)=O)CC6(C)CC)ccc4C)cc3C(C)N2)CC1. The molecule has 2 atom stereocenters. The number of guanidine groups is 1. The Morgan fingerprint density at radius 1 is 1.04 bits per heavy atom. The number of likely N-dealkylation sites (tertiary alicyclic amines) is 1. The molecule has 8 heteroatoms. The Hall–Kier alpha value is -4.17. The minimum absolute atomic E-state index is 0.0152. The van der Waals surface area contributed by atoms with E-state index in [0.717, 1.165) is 59.1 Å². The van der Waals surface area contributed by atoms with Gasteiger partial charge in [-0.15, -0.1) is 0 Å². The number of aryl methyl sites for hydroxylation is 1. The Kier molecular flexibility index (Phi) is 8.92. The summed E-state index contributed by atoms with van der Waals surface area (Å²) in [4.78, 5) is 35.2. The highest BCUT2D eigenvalue weighted by atomic mass is 16.2. The van der Waals surface area contributed by atoms with Crippen molar-refractivity contribution in [2.75, 3.05) is 48.3 Å². The average molecular weight is 621 g/mol. The first-order valence-corrected chi connectivity index (χ1v) is 16.9. The van der Waals surface area contributed by atoms with E-state index in [1.807, 2.05) is 35.2 Å². The Morgan fingerprint density at radius 3 is 2.54 bits per heavy atom. The number of nitrogens with one attached hydrogen (secondary N) is 3. The van der Waals surface area contributed by atoms with Crippen molar-refractivity contribution in [3.8, 4) is 11.1 Å². The topological polar surface area (TPSA) is 89.1 Å². The number of aliphatic imine (C=N–C) groups is 1. The predicted octanol–water partition coefficient (Wildman–Crippen LogP) is 7.11. The summed E-state index contributed by atoms with van der Waals surface area (Å²) in [5.74, 6) is 1.32. The fourth-order valence-electron chi connectivity index (χ4n) is 7.16. The molecule has 8 nitrogen and oxygen atoms in total. The zero-order chi connectivity index (χ0) is 32.6. The summed E-state index contributed by atoms with van der Waals surface area (Å²) in [5, 5.41) is 10.2. The molecule has 6 rings (SSSR count). The van der Waals surface area contributed by atoms with Gasteiger partial charge in [0.25, 0.3) is 5.91 Å². The fraction of sp³-hybridized carbons (Fsp3) is 0.447. The molecule has 3 aliphatic heterocycles. The van der Waals surface area contributed by atoms with Crippen LogP contribution in [0.5, 0.6) is 0 Å². The number of amides is 2. The molecule has 3 aliphatic rings. The average Bonchev–Trinajstić information content (AvgIpc) is 3.36. The van der Waals surface area contributed by atoms with Crippen LogP contribution in [-0.2, 0) is 10.2 Å². The molecule has 0 aromatic heterocycles. The van der Waals surface area contributed by atoms with Crippen LogP contribution >= 0.6 is 0 Å². The standard InChI is InChI=1S/C38H48N6O2/c1-7-38(6)23-44(26(5)45)35-21-30(12-13-33(35)38)41-36(46)29-10-9-24(3)31(20-29)28-11-14-34-32(19-28)25(4)40-37(42-34)39-22-27-15-17-43(8-2)18-16-27/h9-14,19-21,25,27H,7-8,15-18,22-23H2,1-6H3,(H,41,46)(H2,39,40,42). The zero-order valence-corrected chi connectivity index (χ0v) is 28.2. The molecule has 2 amide bonds. The van der Waals surface area contributed by atoms with Gasteiger partial charge < -0.3 is 25.8 Å². The third-order valence-electron chi connectivity index (χ3n) is 10.5. The predicted molar refractivity (Wildman–Crippen MR) is 189 cm³/mol. The van der Waals surface area contributed by atoms with Gasteiger partial charge in [-0.2, -0.15) is 0 Å². The van der Waals surface area contributed by atoms with Crippen molar-refractivity contribution in [1.82, 2.24) is 10.2 Å². The maximum atomic E-state index is 13.5. The van der Waals surface area contributed by atoms with Gasteiger partial charge in [-0.05, 0) is 123 Å². The molecule has 3 N–H and O–H groups in total. The molecule has 3 aromatic carbocycles. The van der Waals surface area contributed by atoms with E-state index in [0.29, 0.717) is 23.7 Å². The smallest absolute Gasteiger partial charge is 0.255 e. The van der Waals surface area contributed by atoms with Gasteiger partial charge in [-0.1, -0.05) is 39.0 Å². The Balaban J connectivity index is 1.17. The van der Waals surface area contributed by atoms with Gasteiger partial charge in [0.05, 0.1) is 6.04 Å². The van der Waals surface area contributed by atoms with Gasteiger partial charge in [0.2, 0.25) is 5.91 Å². The number of hydrogen-bond acceptors (Lipinski definition) is 4. The number of benzene rings is 3. The molecule has 3 heterocycles. The van der Waals surface area contributed by atoms with E-state index in [2.05, 4.69) is 79.7 Å². The lowest BCUT2D eigenvalue weighted by atomic mass is 9.82. The Labute approximate surface area is 273 Å². The number of anilines is 3. The van der Waals surface area contributed by atoms with E-state index in [1.165, 1.54) is 31.5 Å². The highest BCUT2D eigenvalue weighted by Gasteiger charge is 2.39. The summed E-state index contributed by atoms with van der Waals surface area (Å²) < 4.78 is 0. The quantitative estimate of drug-likeness (QED) is 0.262. The van der Waals surface area contributed by atoms with Crippen LogP contribution in [-0.4, -0.2) is 55.4 Å². The van der Waals surface area contributed by atoms with Gasteiger partial charge in [-0.3, -0.25) is 14.6 Å². The van der Waals surface area contributed by atoms with Crippen molar-refractivity contribution in [2.24, 2.45) is 10.9 Å². The molecule has 0 bridgehead atoms. The lowest BCUT2D eigenvalue weighted by molar-refractivity contribution is -0.116. The van der Waals surface area contributed by atoms with Gasteiger partial charge in [0, 0.05) is 48.1 Å². The molecule has 0 radical (unpaired) electrons. The van der Waals surface area contributed by atoms with Crippen LogP contribution in [0, 0.1) is 12.8 Å². The first-order valence-electron chi connectivity index (χ1n) is 16.9. The Morgan fingerprint density at radius 2 is 1.83 bits per heavy atom. The van der Waals surface area contributed by atoms with Crippen LogP contribution in [0.25, 0.3) is 11.1 Å². The first-order chi connectivity index (χ1) is 22.1. The largest absolute Gasteiger partial charge is 0.350 e. The maximum absolute atomic E-state index is 13.5. The van der Waals surface area contributed by atoms with E-state index < -0.39 is 0 Å². The minimum atomic E-state index is -0.178. The number of carbonyl (C=O) groups is 2. The summed E-state index contributed by atoms with van der Waals surface area (Å²) in [6.45, 7) is 17.4. The van der Waals surface area contributed by atoms with Gasteiger partial charge in [0.15, 0.2) is 5.96 Å². The molecule has 1 fully saturated rings. The van der Waals surface area contributed by atoms with E-state index in [1.54, 1.807) is 6.92 Å². The molecule has 0 aliphatic carbocycles. The normalized spacial score (nSPS) is 22.2. The fourth-order valence-corrected chi connectivity index (χ4v) is 7.16. The van der Waals surface area contributed by atoms with E-state index in [9.17, 15) is 9.59 Å². The monoisotopic (exact) mass is 620 g/mol. The molecule has 2 unspecified atom stereocenters. The molecule has 1 saturated heterocycles. The van der Waals surface area contributed by atoms with Crippen LogP contribution in [0.2, 0.25) is 0 Å². The molecular weight excluding hydrogens is 572 g/mol. The van der Waals surface area contributed by atoms with Crippen molar-refractivity contribution in [1.29, 1.82) is 0 Å². The third-order valence-corrected chi connectivity index (χ3v) is 10.5. The molecular formula is C38H48N6O2. The highest BCUT2D eigenvalue weighted by molar-refractivity contribution is 6.06. The lowest BCUT2D eigenvalue weighted by Crippen LogP contribution is -2.39. The Bertz CT molecular complexity index is 1670. The van der Waals surface area contributed by atoms with Crippen LogP contribution in [0.3, 0.4) is 0 Å². The zero-order valence-electron chi connectivity index (χ0n) is 28.2. The number of rotatable bonds is 7. The van der Waals surface area contributed by atoms with Crippen LogP contribution in [0.4, 0.5) is 17.1 Å². The molecule has 242 valence electrons. The third kappa shape index (κ3) is 6.27. The molecule has 3 aromatic rings. The number of carbonyl (C=O) groups excluding carboxylic acids is 2. The van der Waals surface area contributed by atoms with Gasteiger partial charge in [0.1, 0.15) is 0 Å². The second kappa shape index (κ2) is 12.9. The number of piperidine rings is 1. The summed E-state index contributed by atoms with van der Waals surface area (Å²) in [6, 6.07) is 18.3. The second-order valence-electron chi connectivity index (χ2n) is 13.6. The van der Waals surface area contributed by atoms with Gasteiger partial charge in [-0.25, -0.2) is 0 Å². The molecule has 0 spiro atoms. The summed E-state index contributed by atoms with van der Waals surface area (Å²) in [5.41, 5.74) is 8.65. The number of nitrogens with zero attached hydrogens (tertiary/aromatic N) is 3. The first kappa shape index (κ1) is 31.8. The molecule has 0 saturated carbocycles. The van der Waals surface area contributed by atoms with Crippen molar-refractivity contribution in [2.45, 2.75) is 72.3 Å². The van der Waals surface area contributed by atoms with Crippen molar-refractivity contribution in [3.05, 3.63) is 76.9 Å². The van der Waals surface area contributed by atoms with Crippen LogP contribution < -0.4 is 20.9 Å². The van der Waals surface area contributed by atoms with E-state index in [4.69, 9.17) is 4.99 Å². The maximum Gasteiger partial charge on any atom is 0.255 e. The van der Waals surface area contributed by atoms with E-state index >= 15 is 0 Å².